The molecule has 0 aromatic heterocycles. The summed E-state index contributed by atoms with van der Waals surface area (Å²) < 4.78 is 0.249. The largest absolute Gasteiger partial charge is 0.282 e. The topological polar surface area (TPSA) is 0 Å². The van der Waals surface area contributed by atoms with Crippen LogP contribution in [0.2, 0.25) is 0 Å². The zero-order chi connectivity index (χ0) is 11.0. The molecule has 14 heavy (non-hydrogen) atoms. The Kier molecular flexibility index (Phi) is 7.20. The van der Waals surface area contributed by atoms with Crippen molar-refractivity contribution < 1.29 is 0 Å². The van der Waals surface area contributed by atoms with Gasteiger partial charge in [-0.2, -0.15) is 0 Å². The molecule has 2 heteroatoms. The van der Waals surface area contributed by atoms with Crippen molar-refractivity contribution in [2.24, 2.45) is 0 Å². The fourth-order valence-corrected chi connectivity index (χ4v) is 1.90. The first-order chi connectivity index (χ1) is 6.71. The van der Waals surface area contributed by atoms with Gasteiger partial charge in [0.25, 0.3) is 4.57 Å². The van der Waals surface area contributed by atoms with Crippen LogP contribution in [-0.2, 0) is 0 Å². The van der Waals surface area contributed by atoms with E-state index in [2.05, 4.69) is 48.7 Å². The van der Waals surface area contributed by atoms with Crippen molar-refractivity contribution in [1.29, 1.82) is 0 Å². The second-order valence-electron chi connectivity index (χ2n) is 2.58. The van der Waals surface area contributed by atoms with Gasteiger partial charge >= 0.3 is 0 Å². The van der Waals surface area contributed by atoms with Crippen molar-refractivity contribution >= 4 is 26.9 Å². The molecule has 0 spiro atoms. The highest BCUT2D eigenvalue weighted by atomic mass is 127. The van der Waals surface area contributed by atoms with Crippen molar-refractivity contribution in [3.05, 3.63) is 73.7 Å². The summed E-state index contributed by atoms with van der Waals surface area (Å²) >= 11 is 2.34. The van der Waals surface area contributed by atoms with E-state index >= 15 is 0 Å². The first-order valence-electron chi connectivity index (χ1n) is 4.25. The van der Waals surface area contributed by atoms with Crippen molar-refractivity contribution in [1.82, 2.24) is 0 Å². The molecule has 0 saturated heterocycles. The molecule has 0 radical (unpaired) electrons. The third-order valence-corrected chi connectivity index (χ3v) is 3.12. The molecule has 0 aromatic rings. The zero-order valence-electron chi connectivity index (χ0n) is 8.25. The van der Waals surface area contributed by atoms with Crippen molar-refractivity contribution in [3.63, 3.8) is 0 Å². The summed E-state index contributed by atoms with van der Waals surface area (Å²) in [5, 5.41) is 0. The average molecular weight is 296 g/mol. The first-order valence-corrected chi connectivity index (χ1v) is 5.50. The van der Waals surface area contributed by atoms with Gasteiger partial charge in [0, 0.05) is 0 Å². The van der Waals surface area contributed by atoms with Crippen LogP contribution >= 0.6 is 22.4 Å². The van der Waals surface area contributed by atoms with Gasteiger partial charge in [0.1, 0.15) is 0 Å². The summed E-state index contributed by atoms with van der Waals surface area (Å²) in [6, 6.07) is 0. The van der Waals surface area contributed by atoms with Gasteiger partial charge in [-0.25, -0.2) is 0 Å². The summed E-state index contributed by atoms with van der Waals surface area (Å²) in [6.07, 6.45) is 11.1. The normalized spacial score (nSPS) is 11.8. The van der Waals surface area contributed by atoms with Gasteiger partial charge in [0.15, 0.2) is 0 Å². The molecule has 0 aliphatic heterocycles. The van der Waals surface area contributed by atoms with Gasteiger partial charge < -0.3 is 0 Å². The molecule has 72 valence electrons. The molecule has 0 nitrogen and oxygen atoms in total. The Hall–Kier alpha value is -0.765. The zero-order valence-corrected chi connectivity index (χ0v) is 10.4. The fourth-order valence-electron chi connectivity index (χ4n) is 0.977. The van der Waals surface area contributed by atoms with Crippen LogP contribution in [0.25, 0.3) is 0 Å². The van der Waals surface area contributed by atoms with Gasteiger partial charge in [0.05, 0.1) is 0 Å². The van der Waals surface area contributed by atoms with Crippen LogP contribution in [0.4, 0.5) is 0 Å². The molecule has 0 atom stereocenters. The molecule has 0 rings (SSSR count). The number of hydrogen-bond acceptors (Lipinski definition) is 0. The molecule has 0 fully saturated rings. The standard InChI is InChI=1S/C12H14BI/c1-5-9-11(7-3)13(14)12(8-4)10-6-2/h5-10H,1-4H2/b11-9+,12-10+. The van der Waals surface area contributed by atoms with E-state index in [-0.39, 0.29) is 4.57 Å². The van der Waals surface area contributed by atoms with Gasteiger partial charge in [0.2, 0.25) is 0 Å². The minimum Gasteiger partial charge on any atom is -0.136 e. The molecule has 0 N–H and O–H groups in total. The maximum Gasteiger partial charge on any atom is 0.282 e. The molecule has 0 bridgehead atoms. The van der Waals surface area contributed by atoms with Crippen LogP contribution in [-0.4, -0.2) is 4.57 Å². The molecule has 0 aromatic carbocycles. The molecule has 0 unspecified atom stereocenters. The second-order valence-corrected chi connectivity index (χ2v) is 3.82. The lowest BCUT2D eigenvalue weighted by Crippen LogP contribution is -2.09. The summed E-state index contributed by atoms with van der Waals surface area (Å²) in [5.41, 5.74) is 2.24. The number of halogens is 1. The van der Waals surface area contributed by atoms with E-state index in [1.807, 2.05) is 24.3 Å². The van der Waals surface area contributed by atoms with E-state index in [9.17, 15) is 0 Å². The van der Waals surface area contributed by atoms with Crippen LogP contribution < -0.4 is 0 Å². The summed E-state index contributed by atoms with van der Waals surface area (Å²) in [5.74, 6) is 0. The minimum atomic E-state index is 0.249. The van der Waals surface area contributed by atoms with Crippen LogP contribution in [0.1, 0.15) is 0 Å². The van der Waals surface area contributed by atoms with E-state index in [1.165, 1.54) is 0 Å². The Labute approximate surface area is 100 Å². The lowest BCUT2D eigenvalue weighted by atomic mass is 9.62. The van der Waals surface area contributed by atoms with E-state index in [4.69, 9.17) is 0 Å². The molecule has 0 aliphatic carbocycles. The Morgan fingerprint density at radius 2 is 1.21 bits per heavy atom. The predicted molar refractivity (Wildman–Crippen MR) is 76.7 cm³/mol. The maximum absolute atomic E-state index is 3.77. The molecule has 0 amide bonds. The average Bonchev–Trinajstić information content (AvgIpc) is 2.21. The van der Waals surface area contributed by atoms with E-state index < -0.39 is 0 Å². The van der Waals surface area contributed by atoms with Crippen LogP contribution in [0, 0.1) is 0 Å². The molecule has 0 heterocycles. The van der Waals surface area contributed by atoms with E-state index in [0.717, 1.165) is 10.9 Å². The van der Waals surface area contributed by atoms with Crippen LogP contribution in [0.3, 0.4) is 0 Å². The molecular weight excluding hydrogens is 282 g/mol. The first kappa shape index (κ1) is 13.2. The Bertz CT molecular complexity index is 267. The quantitative estimate of drug-likeness (QED) is 0.393. The van der Waals surface area contributed by atoms with Crippen LogP contribution in [0.5, 0.6) is 0 Å². The highest BCUT2D eigenvalue weighted by Gasteiger charge is 2.15. The van der Waals surface area contributed by atoms with Gasteiger partial charge in [-0.1, -0.05) is 73.7 Å². The van der Waals surface area contributed by atoms with E-state index in [1.54, 1.807) is 12.2 Å². The number of hydrogen-bond donors (Lipinski definition) is 0. The maximum atomic E-state index is 3.77. The third-order valence-electron chi connectivity index (χ3n) is 1.68. The molecule has 0 saturated carbocycles. The number of rotatable bonds is 6. The monoisotopic (exact) mass is 296 g/mol. The summed E-state index contributed by atoms with van der Waals surface area (Å²) in [6.45, 7) is 14.9. The Morgan fingerprint density at radius 3 is 1.43 bits per heavy atom. The minimum absolute atomic E-state index is 0.249. The van der Waals surface area contributed by atoms with Crippen LogP contribution in [0.15, 0.2) is 73.7 Å². The SMILES string of the molecule is C=C/C=C(\C=C)B(I)/C(C=C)=C/C=C. The second kappa shape index (κ2) is 7.62. The molecular formula is C12H14BI. The summed E-state index contributed by atoms with van der Waals surface area (Å²) in [7, 11) is 0. The van der Waals surface area contributed by atoms with Crippen molar-refractivity contribution in [2.75, 3.05) is 0 Å². The smallest absolute Gasteiger partial charge is 0.136 e. The Morgan fingerprint density at radius 1 is 0.857 bits per heavy atom. The summed E-state index contributed by atoms with van der Waals surface area (Å²) in [4.78, 5) is 0. The predicted octanol–water partition coefficient (Wildman–Crippen LogP) is 4.09. The van der Waals surface area contributed by atoms with Crippen molar-refractivity contribution in [3.8, 4) is 0 Å². The fraction of sp³-hybridized carbons (Fsp3) is 0. The van der Waals surface area contributed by atoms with E-state index in [0.29, 0.717) is 0 Å². The van der Waals surface area contributed by atoms with Crippen molar-refractivity contribution in [2.45, 2.75) is 0 Å². The highest BCUT2D eigenvalue weighted by molar-refractivity contribution is 14.1. The van der Waals surface area contributed by atoms with Gasteiger partial charge in [-0.05, 0) is 0 Å². The Balaban J connectivity index is 4.97. The number of allylic oxidation sites excluding steroid dienone is 8. The lowest BCUT2D eigenvalue weighted by Gasteiger charge is -2.07. The lowest BCUT2D eigenvalue weighted by molar-refractivity contribution is 1.80. The molecule has 0 aliphatic rings. The van der Waals surface area contributed by atoms with Gasteiger partial charge in [-0.3, -0.25) is 0 Å². The highest BCUT2D eigenvalue weighted by Crippen LogP contribution is 2.19. The van der Waals surface area contributed by atoms with Gasteiger partial charge in [-0.15, -0.1) is 22.4 Å². The third kappa shape index (κ3) is 3.96.